The lowest BCUT2D eigenvalue weighted by Gasteiger charge is -2.34. The molecule has 118 valence electrons. The number of hydrogen-bond donors (Lipinski definition) is 1. The van der Waals surface area contributed by atoms with Gasteiger partial charge in [0.25, 0.3) is 0 Å². The summed E-state index contributed by atoms with van der Waals surface area (Å²) in [5.74, 6) is 0.243. The van der Waals surface area contributed by atoms with Crippen molar-refractivity contribution in [2.45, 2.75) is 13.0 Å². The van der Waals surface area contributed by atoms with E-state index in [0.717, 1.165) is 26.2 Å². The predicted molar refractivity (Wildman–Crippen MR) is 85.6 cm³/mol. The summed E-state index contributed by atoms with van der Waals surface area (Å²) in [6.45, 7) is 4.46. The lowest BCUT2D eigenvalue weighted by molar-refractivity contribution is 0.181. The van der Waals surface area contributed by atoms with Crippen molar-refractivity contribution in [1.29, 1.82) is 0 Å². The van der Waals surface area contributed by atoms with Crippen molar-refractivity contribution in [2.75, 3.05) is 45.5 Å². The number of hydrogen-bond acceptors (Lipinski definition) is 4. The van der Waals surface area contributed by atoms with Gasteiger partial charge in [0.05, 0.1) is 5.75 Å². The van der Waals surface area contributed by atoms with Crippen LogP contribution in [-0.4, -0.2) is 63.1 Å². The Hall–Kier alpha value is -0.950. The van der Waals surface area contributed by atoms with Crippen molar-refractivity contribution < 1.29 is 8.42 Å². The number of sulfonamides is 1. The number of rotatable bonds is 7. The van der Waals surface area contributed by atoms with Gasteiger partial charge in [-0.25, -0.2) is 8.42 Å². The van der Waals surface area contributed by atoms with Crippen molar-refractivity contribution in [3.05, 3.63) is 35.9 Å². The maximum atomic E-state index is 12.2. The van der Waals surface area contributed by atoms with E-state index in [9.17, 15) is 8.42 Å². The molecule has 5 nitrogen and oxygen atoms in total. The van der Waals surface area contributed by atoms with E-state index in [4.69, 9.17) is 0 Å². The summed E-state index contributed by atoms with van der Waals surface area (Å²) in [7, 11) is -1.24. The molecule has 1 aliphatic rings. The molecule has 1 saturated heterocycles. The molecule has 1 N–H and O–H groups in total. The van der Waals surface area contributed by atoms with Gasteiger partial charge in [-0.1, -0.05) is 30.3 Å². The number of piperazine rings is 1. The van der Waals surface area contributed by atoms with E-state index < -0.39 is 10.0 Å². The number of nitrogens with zero attached hydrogens (tertiary/aromatic N) is 2. The summed E-state index contributed by atoms with van der Waals surface area (Å²) < 4.78 is 26.1. The zero-order chi connectivity index (χ0) is 15.1. The molecule has 0 radical (unpaired) electrons. The first-order chi connectivity index (χ1) is 10.1. The van der Waals surface area contributed by atoms with Crippen LogP contribution in [0.2, 0.25) is 0 Å². The van der Waals surface area contributed by atoms with Crippen LogP contribution < -0.4 is 5.32 Å². The molecule has 1 fully saturated rings. The summed E-state index contributed by atoms with van der Waals surface area (Å²) >= 11 is 0. The van der Waals surface area contributed by atoms with Crippen LogP contribution in [0.5, 0.6) is 0 Å². The van der Waals surface area contributed by atoms with Crippen LogP contribution in [0, 0.1) is 0 Å². The zero-order valence-electron chi connectivity index (χ0n) is 12.7. The molecular weight excluding hydrogens is 286 g/mol. The molecular formula is C15H25N3O2S. The number of nitrogens with one attached hydrogen (secondary N) is 1. The minimum Gasteiger partial charge on any atom is -0.320 e. The van der Waals surface area contributed by atoms with Crippen LogP contribution in [0.1, 0.15) is 12.0 Å². The fraction of sp³-hybridized carbons (Fsp3) is 0.600. The van der Waals surface area contributed by atoms with Crippen molar-refractivity contribution in [1.82, 2.24) is 14.5 Å². The smallest absolute Gasteiger partial charge is 0.214 e. The molecule has 0 saturated carbocycles. The van der Waals surface area contributed by atoms with E-state index in [1.54, 1.807) is 4.31 Å². The average molecular weight is 311 g/mol. The maximum Gasteiger partial charge on any atom is 0.214 e. The lowest BCUT2D eigenvalue weighted by atomic mass is 10.2. The molecule has 0 aliphatic carbocycles. The van der Waals surface area contributed by atoms with E-state index in [2.05, 4.69) is 22.3 Å². The van der Waals surface area contributed by atoms with Crippen LogP contribution >= 0.6 is 0 Å². The third kappa shape index (κ3) is 5.07. The standard InChI is InChI=1S/C15H25N3O2S/c1-16-8-5-13-21(19,20)18-11-9-17(10-12-18)14-15-6-3-2-4-7-15/h2-4,6-7,16H,5,8-14H2,1H3. The molecule has 6 heteroatoms. The second-order valence-corrected chi connectivity index (χ2v) is 7.52. The summed E-state index contributed by atoms with van der Waals surface area (Å²) in [4.78, 5) is 2.31. The molecule has 2 rings (SSSR count). The van der Waals surface area contributed by atoms with Crippen LogP contribution in [-0.2, 0) is 16.6 Å². The van der Waals surface area contributed by atoms with Crippen molar-refractivity contribution in [2.24, 2.45) is 0 Å². The molecule has 21 heavy (non-hydrogen) atoms. The second kappa shape index (κ2) is 7.89. The quantitative estimate of drug-likeness (QED) is 0.755. The van der Waals surface area contributed by atoms with Crippen LogP contribution in [0.4, 0.5) is 0 Å². The molecule has 0 aromatic heterocycles. The van der Waals surface area contributed by atoms with E-state index in [1.165, 1.54) is 5.56 Å². The third-order valence-electron chi connectivity index (χ3n) is 3.80. The molecule has 0 atom stereocenters. The maximum absolute atomic E-state index is 12.2. The first-order valence-corrected chi connectivity index (χ1v) is 9.11. The molecule has 1 heterocycles. The van der Waals surface area contributed by atoms with Gasteiger partial charge in [0.15, 0.2) is 0 Å². The third-order valence-corrected chi connectivity index (χ3v) is 5.76. The van der Waals surface area contributed by atoms with Gasteiger partial charge in [0.1, 0.15) is 0 Å². The Bertz CT molecular complexity index is 511. The Kier molecular flexibility index (Phi) is 6.17. The highest BCUT2D eigenvalue weighted by atomic mass is 32.2. The molecule has 1 aliphatic heterocycles. The van der Waals surface area contributed by atoms with Gasteiger partial charge in [-0.3, -0.25) is 4.90 Å². The van der Waals surface area contributed by atoms with Gasteiger partial charge in [-0.2, -0.15) is 4.31 Å². The van der Waals surface area contributed by atoms with Gasteiger partial charge in [-0.05, 0) is 25.6 Å². The summed E-state index contributed by atoms with van der Waals surface area (Å²) in [6, 6.07) is 10.3. The molecule has 1 aromatic rings. The van der Waals surface area contributed by atoms with Crippen molar-refractivity contribution >= 4 is 10.0 Å². The Morgan fingerprint density at radius 1 is 1.10 bits per heavy atom. The van der Waals surface area contributed by atoms with Crippen LogP contribution in [0.15, 0.2) is 30.3 Å². The predicted octanol–water partition coefficient (Wildman–Crippen LogP) is 0.744. The SMILES string of the molecule is CNCCCS(=O)(=O)N1CCN(Cc2ccccc2)CC1. The highest BCUT2D eigenvalue weighted by Crippen LogP contribution is 2.12. The van der Waals surface area contributed by atoms with Gasteiger partial charge in [-0.15, -0.1) is 0 Å². The van der Waals surface area contributed by atoms with Gasteiger partial charge >= 0.3 is 0 Å². The average Bonchev–Trinajstić information content (AvgIpc) is 2.49. The number of benzene rings is 1. The first kappa shape index (κ1) is 16.4. The lowest BCUT2D eigenvalue weighted by Crippen LogP contribution is -2.48. The van der Waals surface area contributed by atoms with E-state index in [-0.39, 0.29) is 5.75 Å². The molecule has 0 bridgehead atoms. The van der Waals surface area contributed by atoms with Gasteiger partial charge < -0.3 is 5.32 Å². The Morgan fingerprint density at radius 3 is 2.38 bits per heavy atom. The van der Waals surface area contributed by atoms with Gasteiger partial charge in [0, 0.05) is 32.7 Å². The Morgan fingerprint density at radius 2 is 1.76 bits per heavy atom. The highest BCUT2D eigenvalue weighted by molar-refractivity contribution is 7.89. The second-order valence-electron chi connectivity index (χ2n) is 5.43. The van der Waals surface area contributed by atoms with E-state index in [0.29, 0.717) is 19.5 Å². The summed E-state index contributed by atoms with van der Waals surface area (Å²) in [5, 5.41) is 2.99. The fourth-order valence-corrected chi connectivity index (χ4v) is 4.05. The monoisotopic (exact) mass is 311 g/mol. The highest BCUT2D eigenvalue weighted by Gasteiger charge is 2.26. The normalized spacial score (nSPS) is 18.0. The summed E-state index contributed by atoms with van der Waals surface area (Å²) in [6.07, 6.45) is 0.670. The van der Waals surface area contributed by atoms with E-state index >= 15 is 0 Å². The van der Waals surface area contributed by atoms with Crippen molar-refractivity contribution in [3.63, 3.8) is 0 Å². The largest absolute Gasteiger partial charge is 0.320 e. The zero-order valence-corrected chi connectivity index (χ0v) is 13.5. The molecule has 0 spiro atoms. The van der Waals surface area contributed by atoms with Crippen LogP contribution in [0.3, 0.4) is 0 Å². The van der Waals surface area contributed by atoms with Crippen LogP contribution in [0.25, 0.3) is 0 Å². The molecule has 1 aromatic carbocycles. The first-order valence-electron chi connectivity index (χ1n) is 7.50. The molecule has 0 unspecified atom stereocenters. The minimum atomic E-state index is -3.09. The molecule has 0 amide bonds. The topological polar surface area (TPSA) is 52.7 Å². The minimum absolute atomic E-state index is 0.243. The van der Waals surface area contributed by atoms with E-state index in [1.807, 2.05) is 25.2 Å². The van der Waals surface area contributed by atoms with Gasteiger partial charge in [0.2, 0.25) is 10.0 Å². The fourth-order valence-electron chi connectivity index (χ4n) is 2.57. The van der Waals surface area contributed by atoms with Crippen molar-refractivity contribution in [3.8, 4) is 0 Å². The summed E-state index contributed by atoms with van der Waals surface area (Å²) in [5.41, 5.74) is 1.28. The Labute approximate surface area is 128 Å². The Balaban J connectivity index is 1.80.